The van der Waals surface area contributed by atoms with Crippen LogP contribution in [0, 0.1) is 11.2 Å². The van der Waals surface area contributed by atoms with Crippen molar-refractivity contribution in [2.75, 3.05) is 4.90 Å². The van der Waals surface area contributed by atoms with Crippen LogP contribution in [-0.4, -0.2) is 11.1 Å². The highest BCUT2D eigenvalue weighted by Gasteiger charge is 2.33. The van der Waals surface area contributed by atoms with Gasteiger partial charge in [-0.1, -0.05) is 29.8 Å². The molecule has 22 heavy (non-hydrogen) atoms. The molecule has 3 rings (SSSR count). The fourth-order valence-electron chi connectivity index (χ4n) is 2.05. The molecule has 2 aromatic carbocycles. The van der Waals surface area contributed by atoms with Gasteiger partial charge in [-0.15, -0.1) is 0 Å². The largest absolute Gasteiger partial charge is 0.278 e. The Morgan fingerprint density at radius 2 is 1.82 bits per heavy atom. The Bertz CT molecular complexity index is 789. The molecule has 1 fully saturated rings. The summed E-state index contributed by atoms with van der Waals surface area (Å²) in [5, 5.41) is 8.61. The third-order valence-corrected chi connectivity index (χ3v) is 4.24. The number of carbonyl (C=O) groups is 1. The number of amides is 1. The number of thioether (sulfide) groups is 1. The zero-order chi connectivity index (χ0) is 15.7. The Labute approximate surface area is 135 Å². The zero-order valence-corrected chi connectivity index (χ0v) is 12.8. The van der Waals surface area contributed by atoms with Gasteiger partial charge in [0.2, 0.25) is 0 Å². The molecule has 1 saturated heterocycles. The van der Waals surface area contributed by atoms with Crippen LogP contribution >= 0.6 is 23.4 Å². The first-order chi connectivity index (χ1) is 10.6. The lowest BCUT2D eigenvalue weighted by Crippen LogP contribution is -2.27. The van der Waals surface area contributed by atoms with Crippen molar-refractivity contribution in [3.8, 4) is 0 Å². The van der Waals surface area contributed by atoms with Crippen molar-refractivity contribution in [2.45, 2.75) is 0 Å². The molecule has 1 aliphatic rings. The van der Waals surface area contributed by atoms with Gasteiger partial charge in [0, 0.05) is 10.6 Å². The Kier molecular flexibility index (Phi) is 4.00. The maximum Gasteiger partial charge on any atom is 0.271 e. The van der Waals surface area contributed by atoms with E-state index in [1.54, 1.807) is 42.5 Å². The second-order valence-corrected chi connectivity index (χ2v) is 6.02. The summed E-state index contributed by atoms with van der Waals surface area (Å²) in [5.74, 6) is -0.750. The molecule has 0 spiro atoms. The molecule has 1 amide bonds. The smallest absolute Gasteiger partial charge is 0.271 e. The minimum absolute atomic E-state index is 0.0786. The van der Waals surface area contributed by atoms with E-state index in [1.807, 2.05) is 0 Å². The number of benzene rings is 2. The summed E-state index contributed by atoms with van der Waals surface area (Å²) < 4.78 is 13.7. The number of hydrogen-bond donors (Lipinski definition) is 1. The molecule has 0 atom stereocenters. The Balaban J connectivity index is 1.95. The molecule has 0 aromatic heterocycles. The molecule has 0 radical (unpaired) electrons. The molecule has 1 N–H and O–H groups in total. The average molecular weight is 333 g/mol. The summed E-state index contributed by atoms with van der Waals surface area (Å²) in [5.41, 5.74) is 0.882. The molecule has 0 bridgehead atoms. The second kappa shape index (κ2) is 5.94. The lowest BCUT2D eigenvalue weighted by Gasteiger charge is -2.14. The van der Waals surface area contributed by atoms with Gasteiger partial charge in [-0.05, 0) is 48.2 Å². The molecule has 1 aliphatic heterocycles. The van der Waals surface area contributed by atoms with Crippen LogP contribution in [0.5, 0.6) is 0 Å². The fourth-order valence-corrected chi connectivity index (χ4v) is 3.02. The van der Waals surface area contributed by atoms with Crippen LogP contribution in [0.1, 0.15) is 5.56 Å². The zero-order valence-electron chi connectivity index (χ0n) is 11.2. The summed E-state index contributed by atoms with van der Waals surface area (Å²) in [6.07, 6.45) is 1.47. The van der Waals surface area contributed by atoms with Gasteiger partial charge in [-0.2, -0.15) is 0 Å². The third-order valence-electron chi connectivity index (χ3n) is 3.10. The van der Waals surface area contributed by atoms with Crippen molar-refractivity contribution in [2.24, 2.45) is 0 Å². The van der Waals surface area contributed by atoms with Crippen molar-refractivity contribution in [3.63, 3.8) is 0 Å². The van der Waals surface area contributed by atoms with E-state index < -0.39 is 5.82 Å². The maximum atomic E-state index is 13.7. The summed E-state index contributed by atoms with van der Waals surface area (Å²) in [4.78, 5) is 14.0. The van der Waals surface area contributed by atoms with E-state index in [4.69, 9.17) is 17.0 Å². The number of anilines is 1. The standard InChI is InChI=1S/C16H10ClFN2OS/c17-11-5-7-12(8-6-11)20-15(21)14(22-16(20)19)9-10-3-1-2-4-13(10)18/h1-9,19H/b14-9-,19-16?. The van der Waals surface area contributed by atoms with Crippen molar-refractivity contribution >= 4 is 46.2 Å². The third kappa shape index (κ3) is 2.77. The highest BCUT2D eigenvalue weighted by Crippen LogP contribution is 2.35. The van der Waals surface area contributed by atoms with Crippen LogP contribution in [0.2, 0.25) is 5.02 Å². The van der Waals surface area contributed by atoms with Gasteiger partial charge in [-0.25, -0.2) is 4.39 Å². The minimum Gasteiger partial charge on any atom is -0.278 e. The van der Waals surface area contributed by atoms with Crippen LogP contribution < -0.4 is 4.90 Å². The van der Waals surface area contributed by atoms with Gasteiger partial charge >= 0.3 is 0 Å². The maximum absolute atomic E-state index is 13.7. The molecule has 110 valence electrons. The Morgan fingerprint density at radius 1 is 1.14 bits per heavy atom. The lowest BCUT2D eigenvalue weighted by molar-refractivity contribution is -0.113. The van der Waals surface area contributed by atoms with E-state index in [0.717, 1.165) is 11.8 Å². The number of halogens is 2. The van der Waals surface area contributed by atoms with Crippen LogP contribution in [0.4, 0.5) is 10.1 Å². The van der Waals surface area contributed by atoms with E-state index in [-0.39, 0.29) is 11.1 Å². The van der Waals surface area contributed by atoms with Gasteiger partial charge in [-0.3, -0.25) is 15.1 Å². The quantitative estimate of drug-likeness (QED) is 0.821. The van der Waals surface area contributed by atoms with E-state index in [0.29, 0.717) is 21.2 Å². The summed E-state index contributed by atoms with van der Waals surface area (Å²) in [7, 11) is 0. The van der Waals surface area contributed by atoms with Gasteiger partial charge < -0.3 is 0 Å². The van der Waals surface area contributed by atoms with Crippen LogP contribution in [0.25, 0.3) is 6.08 Å². The van der Waals surface area contributed by atoms with E-state index >= 15 is 0 Å². The topological polar surface area (TPSA) is 44.2 Å². The van der Waals surface area contributed by atoms with E-state index in [9.17, 15) is 9.18 Å². The molecule has 0 saturated carbocycles. The Hall–Kier alpha value is -2.11. The fraction of sp³-hybridized carbons (Fsp3) is 0. The molecule has 1 heterocycles. The second-order valence-electron chi connectivity index (χ2n) is 4.55. The first-order valence-electron chi connectivity index (χ1n) is 6.39. The summed E-state index contributed by atoms with van der Waals surface area (Å²) >= 11 is 6.83. The first-order valence-corrected chi connectivity index (χ1v) is 7.58. The van der Waals surface area contributed by atoms with Crippen LogP contribution in [-0.2, 0) is 4.79 Å². The molecule has 6 heteroatoms. The number of rotatable bonds is 2. The minimum atomic E-state index is -0.403. The first kappa shape index (κ1) is 14.8. The van der Waals surface area contributed by atoms with Gasteiger partial charge in [0.25, 0.3) is 5.91 Å². The van der Waals surface area contributed by atoms with E-state index in [2.05, 4.69) is 0 Å². The van der Waals surface area contributed by atoms with Crippen molar-refractivity contribution < 1.29 is 9.18 Å². The van der Waals surface area contributed by atoms with Gasteiger partial charge in [0.1, 0.15) is 5.82 Å². The SMILES string of the molecule is N=C1S/C(=C\c2ccccc2F)C(=O)N1c1ccc(Cl)cc1. The summed E-state index contributed by atoms with van der Waals surface area (Å²) in [6, 6.07) is 12.8. The number of carbonyl (C=O) groups excluding carboxylic acids is 1. The van der Waals surface area contributed by atoms with Crippen molar-refractivity contribution in [1.29, 1.82) is 5.41 Å². The Morgan fingerprint density at radius 3 is 2.50 bits per heavy atom. The summed E-state index contributed by atoms with van der Waals surface area (Å²) in [6.45, 7) is 0. The predicted octanol–water partition coefficient (Wildman–Crippen LogP) is 4.53. The van der Waals surface area contributed by atoms with Crippen molar-refractivity contribution in [1.82, 2.24) is 0 Å². The monoisotopic (exact) mass is 332 g/mol. The number of hydrogen-bond acceptors (Lipinski definition) is 3. The lowest BCUT2D eigenvalue weighted by atomic mass is 10.2. The number of nitrogens with one attached hydrogen (secondary N) is 1. The van der Waals surface area contributed by atoms with Gasteiger partial charge in [0.15, 0.2) is 5.17 Å². The van der Waals surface area contributed by atoms with Crippen molar-refractivity contribution in [3.05, 3.63) is 69.8 Å². The van der Waals surface area contributed by atoms with Gasteiger partial charge in [0.05, 0.1) is 10.6 Å². The normalized spacial score (nSPS) is 16.6. The molecule has 0 unspecified atom stereocenters. The molecule has 2 aromatic rings. The molecular formula is C16H10ClFN2OS. The molecule has 0 aliphatic carbocycles. The van der Waals surface area contributed by atoms with Crippen LogP contribution in [0.3, 0.4) is 0 Å². The average Bonchev–Trinajstić information content (AvgIpc) is 2.77. The number of nitrogens with zero attached hydrogens (tertiary/aromatic N) is 1. The number of amidine groups is 1. The molecule has 3 nitrogen and oxygen atoms in total. The highest BCUT2D eigenvalue weighted by atomic mass is 35.5. The molecular weight excluding hydrogens is 323 g/mol. The predicted molar refractivity (Wildman–Crippen MR) is 88.6 cm³/mol. The van der Waals surface area contributed by atoms with Crippen LogP contribution in [0.15, 0.2) is 53.4 Å². The van der Waals surface area contributed by atoms with E-state index in [1.165, 1.54) is 17.0 Å². The highest BCUT2D eigenvalue weighted by molar-refractivity contribution is 8.19.